The number of rotatable bonds is 1. The van der Waals surface area contributed by atoms with Crippen LogP contribution < -0.4 is 11.1 Å². The van der Waals surface area contributed by atoms with E-state index in [2.05, 4.69) is 5.32 Å². The minimum Gasteiger partial charge on any atom is -0.367 e. The Hall–Kier alpha value is -0.320. The van der Waals surface area contributed by atoms with Gasteiger partial charge in [0, 0.05) is 13.2 Å². The van der Waals surface area contributed by atoms with Crippen LogP contribution in [0, 0.1) is 0 Å². The van der Waals surface area contributed by atoms with Crippen LogP contribution in [0.15, 0.2) is 0 Å². The molecule has 3 N–H and O–H groups in total. The SMILES string of the molecule is Cl.NC(=O)C1CNCCCO1. The first kappa shape index (κ1) is 10.7. The summed E-state index contributed by atoms with van der Waals surface area (Å²) >= 11 is 0. The highest BCUT2D eigenvalue weighted by Crippen LogP contribution is 1.95. The molecule has 1 heterocycles. The number of hydrogen-bond donors (Lipinski definition) is 2. The van der Waals surface area contributed by atoms with Crippen molar-refractivity contribution in [2.45, 2.75) is 12.5 Å². The Morgan fingerprint density at radius 1 is 1.64 bits per heavy atom. The van der Waals surface area contributed by atoms with Gasteiger partial charge in [0.05, 0.1) is 0 Å². The molecule has 1 amide bonds. The predicted octanol–water partition coefficient (Wildman–Crippen LogP) is -0.728. The molecule has 1 atom stereocenters. The number of carbonyl (C=O) groups excluding carboxylic acids is 1. The zero-order chi connectivity index (χ0) is 7.40. The lowest BCUT2D eigenvalue weighted by Crippen LogP contribution is -2.37. The number of ether oxygens (including phenoxy) is 1. The summed E-state index contributed by atoms with van der Waals surface area (Å²) in [5.74, 6) is -0.380. The van der Waals surface area contributed by atoms with Gasteiger partial charge in [0.15, 0.2) is 0 Å². The number of primary amides is 1. The number of carbonyl (C=O) groups is 1. The third-order valence-electron chi connectivity index (χ3n) is 1.46. The quantitative estimate of drug-likeness (QED) is 0.560. The lowest BCUT2D eigenvalue weighted by Gasteiger charge is -2.09. The van der Waals surface area contributed by atoms with E-state index < -0.39 is 6.10 Å². The number of halogens is 1. The van der Waals surface area contributed by atoms with Crippen LogP contribution in [0.25, 0.3) is 0 Å². The molecule has 1 saturated heterocycles. The van der Waals surface area contributed by atoms with E-state index in [9.17, 15) is 4.79 Å². The summed E-state index contributed by atoms with van der Waals surface area (Å²) in [4.78, 5) is 10.6. The Morgan fingerprint density at radius 3 is 3.00 bits per heavy atom. The van der Waals surface area contributed by atoms with E-state index in [4.69, 9.17) is 10.5 Å². The van der Waals surface area contributed by atoms with Crippen molar-refractivity contribution in [1.29, 1.82) is 0 Å². The first-order valence-corrected chi connectivity index (χ1v) is 3.42. The Balaban J connectivity index is 0.000001000. The Labute approximate surface area is 71.9 Å². The normalized spacial score (nSPS) is 24.9. The molecule has 0 saturated carbocycles. The van der Waals surface area contributed by atoms with Gasteiger partial charge in [-0.3, -0.25) is 4.79 Å². The monoisotopic (exact) mass is 180 g/mol. The molecule has 1 unspecified atom stereocenters. The van der Waals surface area contributed by atoms with Gasteiger partial charge in [0.1, 0.15) is 6.10 Å². The average Bonchev–Trinajstić information content (AvgIpc) is 2.12. The molecule has 1 rings (SSSR count). The molecule has 0 aliphatic carbocycles. The van der Waals surface area contributed by atoms with Crippen LogP contribution in [0.4, 0.5) is 0 Å². The van der Waals surface area contributed by atoms with E-state index in [1.165, 1.54) is 0 Å². The van der Waals surface area contributed by atoms with Gasteiger partial charge in [-0.05, 0) is 13.0 Å². The Morgan fingerprint density at radius 2 is 2.36 bits per heavy atom. The highest BCUT2D eigenvalue weighted by Gasteiger charge is 2.16. The average molecular weight is 181 g/mol. The van der Waals surface area contributed by atoms with Gasteiger partial charge < -0.3 is 15.8 Å². The molecule has 0 aromatic carbocycles. The summed E-state index contributed by atoms with van der Waals surface area (Å²) in [5.41, 5.74) is 5.03. The van der Waals surface area contributed by atoms with Gasteiger partial charge in [-0.2, -0.15) is 0 Å². The molecule has 66 valence electrons. The van der Waals surface area contributed by atoms with Crippen molar-refractivity contribution >= 4 is 18.3 Å². The molecular weight excluding hydrogens is 168 g/mol. The third kappa shape index (κ3) is 3.55. The zero-order valence-electron chi connectivity index (χ0n) is 6.21. The molecule has 1 aliphatic rings. The van der Waals surface area contributed by atoms with E-state index in [1.54, 1.807) is 0 Å². The molecule has 0 radical (unpaired) electrons. The molecule has 0 aromatic rings. The van der Waals surface area contributed by atoms with Crippen molar-refractivity contribution in [3.8, 4) is 0 Å². The topological polar surface area (TPSA) is 64.4 Å². The summed E-state index contributed by atoms with van der Waals surface area (Å²) < 4.78 is 5.13. The van der Waals surface area contributed by atoms with Crippen molar-refractivity contribution < 1.29 is 9.53 Å². The number of hydrogen-bond acceptors (Lipinski definition) is 3. The summed E-state index contributed by atoms with van der Waals surface area (Å²) in [7, 11) is 0. The second-order valence-electron chi connectivity index (χ2n) is 2.32. The highest BCUT2D eigenvalue weighted by atomic mass is 35.5. The molecule has 1 aliphatic heterocycles. The first-order valence-electron chi connectivity index (χ1n) is 3.42. The van der Waals surface area contributed by atoms with Crippen LogP contribution in [-0.4, -0.2) is 31.7 Å². The second-order valence-corrected chi connectivity index (χ2v) is 2.32. The van der Waals surface area contributed by atoms with Crippen LogP contribution in [0.5, 0.6) is 0 Å². The lowest BCUT2D eigenvalue weighted by atomic mass is 10.3. The van der Waals surface area contributed by atoms with Crippen LogP contribution in [0.2, 0.25) is 0 Å². The van der Waals surface area contributed by atoms with E-state index in [-0.39, 0.29) is 18.3 Å². The fraction of sp³-hybridized carbons (Fsp3) is 0.833. The molecule has 5 heteroatoms. The van der Waals surface area contributed by atoms with Crippen LogP contribution >= 0.6 is 12.4 Å². The largest absolute Gasteiger partial charge is 0.367 e. The molecule has 11 heavy (non-hydrogen) atoms. The maximum absolute atomic E-state index is 10.6. The van der Waals surface area contributed by atoms with Crippen molar-refractivity contribution in [2.75, 3.05) is 19.7 Å². The van der Waals surface area contributed by atoms with Crippen molar-refractivity contribution in [2.24, 2.45) is 5.73 Å². The molecule has 0 spiro atoms. The van der Waals surface area contributed by atoms with Crippen LogP contribution in [-0.2, 0) is 9.53 Å². The molecule has 4 nitrogen and oxygen atoms in total. The Kier molecular flexibility index (Phi) is 5.19. The maximum atomic E-state index is 10.6. The third-order valence-corrected chi connectivity index (χ3v) is 1.46. The smallest absolute Gasteiger partial charge is 0.247 e. The van der Waals surface area contributed by atoms with Crippen LogP contribution in [0.1, 0.15) is 6.42 Å². The molecule has 0 aromatic heterocycles. The molecule has 0 bridgehead atoms. The van der Waals surface area contributed by atoms with Crippen molar-refractivity contribution in [1.82, 2.24) is 5.32 Å². The van der Waals surface area contributed by atoms with Crippen molar-refractivity contribution in [3.63, 3.8) is 0 Å². The Bertz CT molecular complexity index is 124. The molecular formula is C6H13ClN2O2. The van der Waals surface area contributed by atoms with Crippen LogP contribution in [0.3, 0.4) is 0 Å². The predicted molar refractivity (Wildman–Crippen MR) is 43.7 cm³/mol. The minimum atomic E-state index is -0.428. The summed E-state index contributed by atoms with van der Waals surface area (Å²) in [5, 5.41) is 3.05. The summed E-state index contributed by atoms with van der Waals surface area (Å²) in [6, 6.07) is 0. The van der Waals surface area contributed by atoms with Crippen molar-refractivity contribution in [3.05, 3.63) is 0 Å². The zero-order valence-corrected chi connectivity index (χ0v) is 7.02. The summed E-state index contributed by atoms with van der Waals surface area (Å²) in [6.45, 7) is 2.08. The standard InChI is InChI=1S/C6H12N2O2.ClH/c7-6(9)5-4-8-2-1-3-10-5;/h5,8H,1-4H2,(H2,7,9);1H. The number of amides is 1. The fourth-order valence-electron chi connectivity index (χ4n) is 0.898. The van der Waals surface area contributed by atoms with Gasteiger partial charge in [-0.1, -0.05) is 0 Å². The fourth-order valence-corrected chi connectivity index (χ4v) is 0.898. The lowest BCUT2D eigenvalue weighted by molar-refractivity contribution is -0.128. The van der Waals surface area contributed by atoms with Gasteiger partial charge >= 0.3 is 0 Å². The maximum Gasteiger partial charge on any atom is 0.247 e. The second kappa shape index (κ2) is 5.35. The van der Waals surface area contributed by atoms with Gasteiger partial charge in [0.25, 0.3) is 0 Å². The first-order chi connectivity index (χ1) is 4.80. The number of nitrogens with one attached hydrogen (secondary N) is 1. The van der Waals surface area contributed by atoms with E-state index in [0.717, 1.165) is 13.0 Å². The van der Waals surface area contributed by atoms with Gasteiger partial charge in [-0.15, -0.1) is 12.4 Å². The van der Waals surface area contributed by atoms with E-state index in [0.29, 0.717) is 13.2 Å². The van der Waals surface area contributed by atoms with E-state index >= 15 is 0 Å². The minimum absolute atomic E-state index is 0. The van der Waals surface area contributed by atoms with Gasteiger partial charge in [-0.25, -0.2) is 0 Å². The summed E-state index contributed by atoms with van der Waals surface area (Å²) in [6.07, 6.45) is 0.520. The molecule has 1 fully saturated rings. The van der Waals surface area contributed by atoms with E-state index in [1.807, 2.05) is 0 Å². The van der Waals surface area contributed by atoms with Gasteiger partial charge in [0.2, 0.25) is 5.91 Å². The number of nitrogens with two attached hydrogens (primary N) is 1. The highest BCUT2D eigenvalue weighted by molar-refractivity contribution is 5.85.